The Morgan fingerprint density at radius 3 is 2.14 bits per heavy atom. The number of allylic oxidation sites excluding steroid dienone is 2. The maximum absolute atomic E-state index is 4.17. The lowest BCUT2D eigenvalue weighted by molar-refractivity contribution is 0.461. The quantitative estimate of drug-likeness (QED) is 0.350. The summed E-state index contributed by atoms with van der Waals surface area (Å²) in [6.07, 6.45) is 7.33. The molecule has 0 spiro atoms. The second kappa shape index (κ2) is 11.4. The predicted octanol–water partition coefficient (Wildman–Crippen LogP) is 6.98. The molecular formula is C20H38S. The molecule has 0 fully saturated rings. The summed E-state index contributed by atoms with van der Waals surface area (Å²) in [6, 6.07) is 0. The van der Waals surface area contributed by atoms with Crippen molar-refractivity contribution < 1.29 is 0 Å². The molecule has 0 aliphatic heterocycles. The second-order valence-corrected chi connectivity index (χ2v) is 8.72. The molecule has 0 saturated heterocycles. The Balaban J connectivity index is 3.81. The third-order valence-corrected chi connectivity index (χ3v) is 5.90. The van der Waals surface area contributed by atoms with Crippen molar-refractivity contribution in [3.63, 3.8) is 0 Å². The molecule has 0 amide bonds. The average molecular weight is 311 g/mol. The van der Waals surface area contributed by atoms with E-state index in [1.165, 1.54) is 37.0 Å². The molecule has 0 heterocycles. The fraction of sp³-hybridized carbons (Fsp3) is 0.800. The van der Waals surface area contributed by atoms with Crippen molar-refractivity contribution in [2.45, 2.75) is 72.5 Å². The molecule has 0 aromatic heterocycles. The number of hydrogen-bond donors (Lipinski definition) is 0. The molecule has 21 heavy (non-hydrogen) atoms. The van der Waals surface area contributed by atoms with Crippen LogP contribution >= 0.6 is 11.8 Å². The molecule has 0 aromatic rings. The van der Waals surface area contributed by atoms with Crippen LogP contribution in [0.2, 0.25) is 0 Å². The largest absolute Gasteiger partial charge is 0.158 e. The smallest absolute Gasteiger partial charge is 0.00838 e. The second-order valence-electron chi connectivity index (χ2n) is 7.23. The maximum Gasteiger partial charge on any atom is 0.00838 e. The van der Waals surface area contributed by atoms with Crippen molar-refractivity contribution in [2.75, 3.05) is 5.75 Å². The van der Waals surface area contributed by atoms with Gasteiger partial charge in [-0.2, -0.15) is 11.8 Å². The van der Waals surface area contributed by atoms with Crippen molar-refractivity contribution in [3.8, 4) is 0 Å². The fourth-order valence-electron chi connectivity index (χ4n) is 2.68. The molecule has 3 unspecified atom stereocenters. The minimum absolute atomic E-state index is 0.639. The minimum Gasteiger partial charge on any atom is -0.158 e. The average Bonchev–Trinajstić information content (AvgIpc) is 2.38. The zero-order valence-electron chi connectivity index (χ0n) is 15.3. The molecule has 124 valence electrons. The van der Waals surface area contributed by atoms with Gasteiger partial charge in [-0.05, 0) is 48.7 Å². The molecular weight excluding hydrogens is 272 g/mol. The van der Waals surface area contributed by atoms with E-state index in [1.807, 2.05) is 0 Å². The molecule has 0 bridgehead atoms. The van der Waals surface area contributed by atoms with Gasteiger partial charge in [-0.1, -0.05) is 66.2 Å². The lowest BCUT2D eigenvalue weighted by Gasteiger charge is -2.24. The van der Waals surface area contributed by atoms with Crippen LogP contribution in [0.25, 0.3) is 0 Å². The van der Waals surface area contributed by atoms with E-state index in [1.54, 1.807) is 0 Å². The molecule has 0 nitrogen and oxygen atoms in total. The van der Waals surface area contributed by atoms with Gasteiger partial charge >= 0.3 is 0 Å². The van der Waals surface area contributed by atoms with Crippen molar-refractivity contribution in [1.29, 1.82) is 0 Å². The minimum atomic E-state index is 0.639. The Kier molecular flexibility index (Phi) is 11.3. The van der Waals surface area contributed by atoms with Gasteiger partial charge in [0.15, 0.2) is 0 Å². The first-order valence-electron chi connectivity index (χ1n) is 8.71. The Labute approximate surface area is 138 Å². The standard InChI is InChI=1S/C20H38S/c1-9-20(16(4)5)19(8)21-14-13-17(6)11-10-12-18(7)15(2)3/h9,15-17,19-20H,1,7,10-14H2,2-6,8H3. The van der Waals surface area contributed by atoms with E-state index in [0.717, 1.165) is 5.92 Å². The highest BCUT2D eigenvalue weighted by Crippen LogP contribution is 2.28. The number of thioether (sulfide) groups is 1. The van der Waals surface area contributed by atoms with Crippen molar-refractivity contribution >= 4 is 11.8 Å². The van der Waals surface area contributed by atoms with Crippen molar-refractivity contribution in [3.05, 3.63) is 24.8 Å². The summed E-state index contributed by atoms with van der Waals surface area (Å²) in [4.78, 5) is 0. The van der Waals surface area contributed by atoms with Crippen LogP contribution in [0.4, 0.5) is 0 Å². The third-order valence-electron chi connectivity index (χ3n) is 4.59. The zero-order chi connectivity index (χ0) is 16.4. The van der Waals surface area contributed by atoms with E-state index in [0.29, 0.717) is 23.0 Å². The molecule has 0 aliphatic carbocycles. The summed E-state index contributed by atoms with van der Waals surface area (Å²) >= 11 is 2.12. The van der Waals surface area contributed by atoms with Gasteiger partial charge in [0.1, 0.15) is 0 Å². The highest BCUT2D eigenvalue weighted by molar-refractivity contribution is 7.99. The van der Waals surface area contributed by atoms with Gasteiger partial charge in [0.05, 0.1) is 0 Å². The highest BCUT2D eigenvalue weighted by atomic mass is 32.2. The van der Waals surface area contributed by atoms with Gasteiger partial charge in [-0.3, -0.25) is 0 Å². The van der Waals surface area contributed by atoms with E-state index in [4.69, 9.17) is 0 Å². The number of rotatable bonds is 12. The van der Waals surface area contributed by atoms with Gasteiger partial charge in [-0.25, -0.2) is 0 Å². The summed E-state index contributed by atoms with van der Waals surface area (Å²) < 4.78 is 0. The van der Waals surface area contributed by atoms with Crippen LogP contribution < -0.4 is 0 Å². The lowest BCUT2D eigenvalue weighted by atomic mass is 9.93. The first-order valence-corrected chi connectivity index (χ1v) is 9.76. The maximum atomic E-state index is 4.17. The molecule has 1 heteroatoms. The highest BCUT2D eigenvalue weighted by Gasteiger charge is 2.17. The summed E-state index contributed by atoms with van der Waals surface area (Å²) in [5.74, 6) is 4.10. The van der Waals surface area contributed by atoms with Crippen LogP contribution in [-0.2, 0) is 0 Å². The van der Waals surface area contributed by atoms with E-state index in [-0.39, 0.29) is 0 Å². The monoisotopic (exact) mass is 310 g/mol. The van der Waals surface area contributed by atoms with Crippen LogP contribution in [0.3, 0.4) is 0 Å². The number of hydrogen-bond acceptors (Lipinski definition) is 1. The van der Waals surface area contributed by atoms with E-state index < -0.39 is 0 Å². The summed E-state index contributed by atoms with van der Waals surface area (Å²) in [5, 5.41) is 0.690. The van der Waals surface area contributed by atoms with Crippen LogP contribution in [0.15, 0.2) is 24.8 Å². The topological polar surface area (TPSA) is 0 Å². The Morgan fingerprint density at radius 1 is 1.05 bits per heavy atom. The molecule has 0 radical (unpaired) electrons. The van der Waals surface area contributed by atoms with Gasteiger partial charge < -0.3 is 0 Å². The van der Waals surface area contributed by atoms with Crippen LogP contribution in [0, 0.1) is 23.7 Å². The van der Waals surface area contributed by atoms with E-state index >= 15 is 0 Å². The van der Waals surface area contributed by atoms with Gasteiger partial charge in [-0.15, -0.1) is 6.58 Å². The summed E-state index contributed by atoms with van der Waals surface area (Å²) in [5.41, 5.74) is 1.41. The molecule has 0 saturated carbocycles. The SMILES string of the molecule is C=CC(C(C)C)C(C)SCCC(C)CCCC(=C)C(C)C. The zero-order valence-corrected chi connectivity index (χ0v) is 16.1. The molecule has 0 aliphatic rings. The lowest BCUT2D eigenvalue weighted by Crippen LogP contribution is -2.18. The van der Waals surface area contributed by atoms with Gasteiger partial charge in [0, 0.05) is 5.25 Å². The van der Waals surface area contributed by atoms with Crippen LogP contribution in [0.1, 0.15) is 67.2 Å². The fourth-order valence-corrected chi connectivity index (χ4v) is 4.24. The Morgan fingerprint density at radius 2 is 1.67 bits per heavy atom. The van der Waals surface area contributed by atoms with E-state index in [9.17, 15) is 0 Å². The Hall–Kier alpha value is -0.170. The van der Waals surface area contributed by atoms with Gasteiger partial charge in [0.2, 0.25) is 0 Å². The third kappa shape index (κ3) is 9.45. The summed E-state index contributed by atoms with van der Waals surface area (Å²) in [6.45, 7) is 22.0. The molecule has 3 atom stereocenters. The van der Waals surface area contributed by atoms with E-state index in [2.05, 4.69) is 72.5 Å². The van der Waals surface area contributed by atoms with Gasteiger partial charge in [0.25, 0.3) is 0 Å². The summed E-state index contributed by atoms with van der Waals surface area (Å²) in [7, 11) is 0. The first kappa shape index (κ1) is 20.8. The molecule has 0 rings (SSSR count). The van der Waals surface area contributed by atoms with Crippen molar-refractivity contribution in [1.82, 2.24) is 0 Å². The van der Waals surface area contributed by atoms with Crippen LogP contribution in [0.5, 0.6) is 0 Å². The Bertz CT molecular complexity index is 290. The predicted molar refractivity (Wildman–Crippen MR) is 102 cm³/mol. The molecule has 0 N–H and O–H groups in total. The first-order chi connectivity index (χ1) is 9.79. The van der Waals surface area contributed by atoms with Crippen LogP contribution in [-0.4, -0.2) is 11.0 Å². The van der Waals surface area contributed by atoms with Crippen molar-refractivity contribution in [2.24, 2.45) is 23.7 Å². The normalized spacial score (nSPS) is 16.0. The molecule has 0 aromatic carbocycles.